The molecule has 116 valence electrons. The number of amides is 1. The van der Waals surface area contributed by atoms with Crippen LogP contribution in [0, 0.1) is 25.7 Å². The van der Waals surface area contributed by atoms with Crippen LogP contribution in [0.1, 0.15) is 11.1 Å². The summed E-state index contributed by atoms with van der Waals surface area (Å²) >= 11 is 0. The van der Waals surface area contributed by atoms with Gasteiger partial charge in [-0.15, -0.1) is 12.4 Å². The van der Waals surface area contributed by atoms with Crippen LogP contribution in [0.5, 0.6) is 5.75 Å². The Morgan fingerprint density at radius 1 is 1.29 bits per heavy atom. The molecule has 1 aromatic carbocycles. The average Bonchev–Trinajstić information content (AvgIpc) is 3.00. The van der Waals surface area contributed by atoms with Crippen LogP contribution in [0.3, 0.4) is 0 Å². The molecule has 0 saturated carbocycles. The van der Waals surface area contributed by atoms with Gasteiger partial charge in [-0.3, -0.25) is 4.79 Å². The quantitative estimate of drug-likeness (QED) is 0.925. The monoisotopic (exact) mass is 310 g/mol. The Balaban J connectivity index is 0.00000161. The van der Waals surface area contributed by atoms with Gasteiger partial charge in [0, 0.05) is 26.2 Å². The van der Waals surface area contributed by atoms with Crippen molar-refractivity contribution in [3.63, 3.8) is 0 Å². The van der Waals surface area contributed by atoms with Crippen molar-refractivity contribution in [1.82, 2.24) is 10.2 Å². The largest absolute Gasteiger partial charge is 0.483 e. The van der Waals surface area contributed by atoms with Crippen molar-refractivity contribution in [1.29, 1.82) is 0 Å². The Bertz CT molecular complexity index is 509. The van der Waals surface area contributed by atoms with Gasteiger partial charge in [-0.1, -0.05) is 12.1 Å². The number of nitrogens with zero attached hydrogens (tertiary/aromatic N) is 1. The predicted octanol–water partition coefficient (Wildman–Crippen LogP) is 1.78. The molecule has 2 fully saturated rings. The molecule has 3 rings (SSSR count). The summed E-state index contributed by atoms with van der Waals surface area (Å²) in [6, 6.07) is 6.07. The molecule has 2 saturated heterocycles. The first-order chi connectivity index (χ1) is 9.63. The van der Waals surface area contributed by atoms with E-state index in [1.54, 1.807) is 0 Å². The number of rotatable bonds is 3. The maximum absolute atomic E-state index is 12.2. The number of carbonyl (C=O) groups excluding carboxylic acids is 1. The summed E-state index contributed by atoms with van der Waals surface area (Å²) in [6.07, 6.45) is 0. The van der Waals surface area contributed by atoms with Crippen LogP contribution >= 0.6 is 12.4 Å². The number of halogens is 1. The molecular weight excluding hydrogens is 288 g/mol. The van der Waals surface area contributed by atoms with E-state index in [1.165, 1.54) is 0 Å². The first kappa shape index (κ1) is 16.1. The van der Waals surface area contributed by atoms with E-state index in [-0.39, 0.29) is 24.9 Å². The van der Waals surface area contributed by atoms with E-state index in [1.807, 2.05) is 30.9 Å². The molecule has 0 unspecified atom stereocenters. The van der Waals surface area contributed by atoms with Crippen LogP contribution < -0.4 is 10.1 Å². The van der Waals surface area contributed by atoms with Crippen LogP contribution in [0.2, 0.25) is 0 Å². The van der Waals surface area contributed by atoms with Gasteiger partial charge in [0.25, 0.3) is 5.91 Å². The first-order valence-electron chi connectivity index (χ1n) is 7.32. The number of nitrogens with one attached hydrogen (secondary N) is 1. The normalized spacial score (nSPS) is 23.6. The summed E-state index contributed by atoms with van der Waals surface area (Å²) < 4.78 is 5.71. The lowest BCUT2D eigenvalue weighted by Gasteiger charge is -2.18. The molecular formula is C16H23ClN2O2. The Morgan fingerprint density at radius 2 is 1.95 bits per heavy atom. The molecule has 2 heterocycles. The van der Waals surface area contributed by atoms with E-state index >= 15 is 0 Å². The second kappa shape index (κ2) is 6.67. The van der Waals surface area contributed by atoms with Crippen molar-refractivity contribution < 1.29 is 9.53 Å². The van der Waals surface area contributed by atoms with Gasteiger partial charge in [-0.05, 0) is 42.9 Å². The minimum Gasteiger partial charge on any atom is -0.483 e. The fourth-order valence-electron chi connectivity index (χ4n) is 3.15. The number of benzene rings is 1. The molecule has 0 aliphatic carbocycles. The second-order valence-corrected chi connectivity index (χ2v) is 6.03. The SMILES string of the molecule is Cc1ccc(C)c(OCC(=O)N2C[C@H]3CNC[C@H]3C2)c1.Cl. The molecule has 2 aliphatic heterocycles. The molecule has 0 spiro atoms. The van der Waals surface area contributed by atoms with Crippen molar-refractivity contribution in [3.05, 3.63) is 29.3 Å². The van der Waals surface area contributed by atoms with Crippen molar-refractivity contribution in [2.24, 2.45) is 11.8 Å². The van der Waals surface area contributed by atoms with Crippen LogP contribution in [-0.4, -0.2) is 43.6 Å². The van der Waals surface area contributed by atoms with Crippen LogP contribution in [0.15, 0.2) is 18.2 Å². The molecule has 0 bridgehead atoms. The minimum absolute atomic E-state index is 0. The molecule has 21 heavy (non-hydrogen) atoms. The topological polar surface area (TPSA) is 41.6 Å². The highest BCUT2D eigenvalue weighted by atomic mass is 35.5. The van der Waals surface area contributed by atoms with Gasteiger partial charge in [-0.25, -0.2) is 0 Å². The van der Waals surface area contributed by atoms with Gasteiger partial charge >= 0.3 is 0 Å². The third-order valence-electron chi connectivity index (χ3n) is 4.44. The Kier molecular flexibility index (Phi) is 5.12. The molecule has 4 nitrogen and oxygen atoms in total. The molecule has 2 aliphatic rings. The number of hydrogen-bond acceptors (Lipinski definition) is 3. The van der Waals surface area contributed by atoms with E-state index in [0.29, 0.717) is 11.8 Å². The predicted molar refractivity (Wildman–Crippen MR) is 85.1 cm³/mol. The van der Waals surface area contributed by atoms with E-state index in [2.05, 4.69) is 11.4 Å². The number of hydrogen-bond donors (Lipinski definition) is 1. The molecule has 1 N–H and O–H groups in total. The zero-order chi connectivity index (χ0) is 14.1. The van der Waals surface area contributed by atoms with Crippen LogP contribution in [-0.2, 0) is 4.79 Å². The summed E-state index contributed by atoms with van der Waals surface area (Å²) in [5.74, 6) is 2.21. The Labute approximate surface area is 132 Å². The smallest absolute Gasteiger partial charge is 0.260 e. The highest BCUT2D eigenvalue weighted by Gasteiger charge is 2.37. The van der Waals surface area contributed by atoms with Crippen molar-refractivity contribution in [2.75, 3.05) is 32.8 Å². The Hall–Kier alpha value is -1.26. The molecule has 5 heteroatoms. The molecule has 1 aromatic rings. The van der Waals surface area contributed by atoms with E-state index in [9.17, 15) is 4.79 Å². The zero-order valence-corrected chi connectivity index (χ0v) is 13.4. The number of likely N-dealkylation sites (tertiary alicyclic amines) is 1. The van der Waals surface area contributed by atoms with Gasteiger partial charge in [0.1, 0.15) is 5.75 Å². The summed E-state index contributed by atoms with van der Waals surface area (Å²) in [4.78, 5) is 14.2. The number of aryl methyl sites for hydroxylation is 2. The molecule has 0 radical (unpaired) electrons. The summed E-state index contributed by atoms with van der Waals surface area (Å²) in [5.41, 5.74) is 2.23. The average molecular weight is 311 g/mol. The standard InChI is InChI=1S/C16H22N2O2.ClH/c1-11-3-4-12(2)15(5-11)20-10-16(19)18-8-13-6-17-7-14(13)9-18;/h3-5,13-14,17H,6-10H2,1-2H3;1H/t13-,14+;. The van der Waals surface area contributed by atoms with Gasteiger partial charge in [-0.2, -0.15) is 0 Å². The molecule has 0 aromatic heterocycles. The summed E-state index contributed by atoms with van der Waals surface area (Å²) in [7, 11) is 0. The lowest BCUT2D eigenvalue weighted by atomic mass is 10.0. The highest BCUT2D eigenvalue weighted by molar-refractivity contribution is 5.85. The van der Waals surface area contributed by atoms with E-state index in [0.717, 1.165) is 43.1 Å². The number of carbonyl (C=O) groups is 1. The molecule has 2 atom stereocenters. The number of fused-ring (bicyclic) bond motifs is 1. The number of ether oxygens (including phenoxy) is 1. The van der Waals surface area contributed by atoms with Gasteiger partial charge < -0.3 is 15.0 Å². The zero-order valence-electron chi connectivity index (χ0n) is 12.6. The van der Waals surface area contributed by atoms with Gasteiger partial charge in [0.05, 0.1) is 0 Å². The van der Waals surface area contributed by atoms with Gasteiger partial charge in [0.2, 0.25) is 0 Å². The van der Waals surface area contributed by atoms with Crippen molar-refractivity contribution in [3.8, 4) is 5.75 Å². The third-order valence-corrected chi connectivity index (χ3v) is 4.44. The minimum atomic E-state index is 0. The van der Waals surface area contributed by atoms with E-state index in [4.69, 9.17) is 4.74 Å². The van der Waals surface area contributed by atoms with Crippen LogP contribution in [0.4, 0.5) is 0 Å². The molecule has 1 amide bonds. The van der Waals surface area contributed by atoms with Crippen molar-refractivity contribution >= 4 is 18.3 Å². The van der Waals surface area contributed by atoms with Crippen molar-refractivity contribution in [2.45, 2.75) is 13.8 Å². The van der Waals surface area contributed by atoms with Gasteiger partial charge in [0.15, 0.2) is 6.61 Å². The first-order valence-corrected chi connectivity index (χ1v) is 7.32. The summed E-state index contributed by atoms with van der Waals surface area (Å²) in [5, 5.41) is 3.39. The lowest BCUT2D eigenvalue weighted by Crippen LogP contribution is -2.35. The van der Waals surface area contributed by atoms with E-state index < -0.39 is 0 Å². The van der Waals surface area contributed by atoms with Crippen LogP contribution in [0.25, 0.3) is 0 Å². The fourth-order valence-corrected chi connectivity index (χ4v) is 3.15. The lowest BCUT2D eigenvalue weighted by molar-refractivity contribution is -0.132. The highest BCUT2D eigenvalue weighted by Crippen LogP contribution is 2.26. The maximum Gasteiger partial charge on any atom is 0.260 e. The maximum atomic E-state index is 12.2. The fraction of sp³-hybridized carbons (Fsp3) is 0.562. The second-order valence-electron chi connectivity index (χ2n) is 6.03. The third kappa shape index (κ3) is 3.50. The summed E-state index contributed by atoms with van der Waals surface area (Å²) in [6.45, 7) is 8.04. The Morgan fingerprint density at radius 3 is 2.62 bits per heavy atom.